The monoisotopic (exact) mass is 680 g/mol. The Morgan fingerprint density at radius 2 is 1.29 bits per heavy atom. The molecule has 0 fully saturated rings. The normalized spacial score (nSPS) is 9.61. The summed E-state index contributed by atoms with van der Waals surface area (Å²) in [5, 5.41) is 2.68. The van der Waals surface area contributed by atoms with Gasteiger partial charge in [0.25, 0.3) is 0 Å². The molecule has 0 saturated heterocycles. The summed E-state index contributed by atoms with van der Waals surface area (Å²) < 4.78 is 21.1. The van der Waals surface area contributed by atoms with Crippen LogP contribution in [0.15, 0.2) is 0 Å². The standard InChI is InChI=1S/C15H32N2O5.C5H12.CH2O.CH4.U.2H2/c1-15(2,3)22-14(18)17-7-5-9-20-11-13-21-12-10-19-8-4-6-16;1-3-5-4-2;1-2;;;;/h4-13,16H2,1-3H3,(H,17,18);3-5H2,1-2H3;1H2;1H4;;2*1H. The van der Waals surface area contributed by atoms with Gasteiger partial charge in [0.2, 0.25) is 0 Å². The zero-order valence-corrected chi connectivity index (χ0v) is 24.1. The van der Waals surface area contributed by atoms with Crippen LogP contribution in [0.5, 0.6) is 0 Å². The Morgan fingerprint density at radius 1 is 0.871 bits per heavy atom. The first kappa shape index (κ1) is 41.1. The molecule has 0 aliphatic rings. The molecule has 3 N–H and O–H groups in total. The minimum Gasteiger partial charge on any atom is -0.444 e. The molecule has 8 nitrogen and oxygen atoms in total. The van der Waals surface area contributed by atoms with E-state index in [4.69, 9.17) is 29.5 Å². The van der Waals surface area contributed by atoms with Gasteiger partial charge in [-0.2, -0.15) is 0 Å². The van der Waals surface area contributed by atoms with Crippen molar-refractivity contribution in [3.05, 3.63) is 0 Å². The molecule has 0 aromatic carbocycles. The van der Waals surface area contributed by atoms with Gasteiger partial charge >= 0.3 is 6.09 Å². The van der Waals surface area contributed by atoms with E-state index in [2.05, 4.69) is 19.2 Å². The quantitative estimate of drug-likeness (QED) is 0.247. The van der Waals surface area contributed by atoms with Crippen molar-refractivity contribution in [2.45, 2.75) is 79.8 Å². The number of carbonyl (C=O) groups is 2. The summed E-state index contributed by atoms with van der Waals surface area (Å²) in [5.74, 6) is 0. The van der Waals surface area contributed by atoms with Gasteiger partial charge in [-0.3, -0.25) is 0 Å². The Balaban J connectivity index is -0.000000108. The minimum atomic E-state index is -0.466. The summed E-state index contributed by atoms with van der Waals surface area (Å²) in [4.78, 5) is 19.3. The summed E-state index contributed by atoms with van der Waals surface area (Å²) in [5.41, 5.74) is 4.88. The maximum atomic E-state index is 11.3. The van der Waals surface area contributed by atoms with E-state index in [1.165, 1.54) is 19.3 Å². The van der Waals surface area contributed by atoms with E-state index < -0.39 is 11.7 Å². The summed E-state index contributed by atoms with van der Waals surface area (Å²) in [7, 11) is 0. The molecule has 0 radical (unpaired) electrons. The number of alkyl carbamates (subject to hydrolysis) is 1. The molecule has 0 spiro atoms. The van der Waals surface area contributed by atoms with Crippen molar-refractivity contribution in [3.8, 4) is 0 Å². The SMILES string of the molecule is C.C=O.CC(C)(C)OC(=O)NCCCOCCOCCOCCCN.CCCCC.[HH].[HH].[U]. The number of hydrogen-bond acceptors (Lipinski definition) is 7. The number of nitrogens with one attached hydrogen (secondary N) is 1. The smallest absolute Gasteiger partial charge is 0.407 e. The first-order valence-electron chi connectivity index (χ1n) is 10.6. The number of rotatable bonds is 15. The van der Waals surface area contributed by atoms with Crippen LogP contribution in [0.3, 0.4) is 0 Å². The molecule has 0 saturated carbocycles. The number of carbonyl (C=O) groups excluding carboxylic acids is 2. The van der Waals surface area contributed by atoms with E-state index in [9.17, 15) is 4.79 Å². The van der Waals surface area contributed by atoms with Crippen LogP contribution in [-0.4, -0.2) is 71.2 Å². The van der Waals surface area contributed by atoms with Crippen molar-refractivity contribution in [2.24, 2.45) is 5.73 Å². The van der Waals surface area contributed by atoms with E-state index >= 15 is 0 Å². The fourth-order valence-electron chi connectivity index (χ4n) is 1.76. The topological polar surface area (TPSA) is 109 Å². The maximum Gasteiger partial charge on any atom is 0.407 e. The van der Waals surface area contributed by atoms with Crippen molar-refractivity contribution in [3.63, 3.8) is 0 Å². The molecular weight excluding hydrogens is 626 g/mol. The van der Waals surface area contributed by atoms with Crippen molar-refractivity contribution in [1.29, 1.82) is 0 Å². The third-order valence-corrected chi connectivity index (χ3v) is 3.08. The number of ether oxygens (including phenoxy) is 4. The Morgan fingerprint density at radius 3 is 1.65 bits per heavy atom. The van der Waals surface area contributed by atoms with E-state index in [-0.39, 0.29) is 41.4 Å². The molecule has 1 amide bonds. The summed E-state index contributed by atoms with van der Waals surface area (Å²) in [6.07, 6.45) is 5.29. The van der Waals surface area contributed by atoms with Gasteiger partial charge in [-0.25, -0.2) is 4.79 Å². The third-order valence-electron chi connectivity index (χ3n) is 3.08. The van der Waals surface area contributed by atoms with Gasteiger partial charge in [0.15, 0.2) is 0 Å². The van der Waals surface area contributed by atoms with Crippen molar-refractivity contribution < 1.29 is 62.5 Å². The number of unbranched alkanes of at least 4 members (excludes halogenated alkanes) is 2. The average Bonchev–Trinajstić information content (AvgIpc) is 2.67. The Kier molecular flexibility index (Phi) is 45.7. The van der Waals surface area contributed by atoms with Crippen LogP contribution in [-0.2, 0) is 23.7 Å². The van der Waals surface area contributed by atoms with Crippen molar-refractivity contribution in [2.75, 3.05) is 52.7 Å². The largest absolute Gasteiger partial charge is 0.444 e. The third kappa shape index (κ3) is 48.5. The van der Waals surface area contributed by atoms with Gasteiger partial charge in [0, 0.05) is 53.7 Å². The molecule has 31 heavy (non-hydrogen) atoms. The number of amides is 1. The summed E-state index contributed by atoms with van der Waals surface area (Å²) in [6.45, 7) is 16.6. The van der Waals surface area contributed by atoms with E-state index in [1.54, 1.807) is 0 Å². The number of hydrogen-bond donors (Lipinski definition) is 2. The fourth-order valence-corrected chi connectivity index (χ4v) is 1.76. The zero-order valence-electron chi connectivity index (χ0n) is 19.9. The first-order chi connectivity index (χ1) is 13.9. The molecular formula is C22H54N2O6U. The van der Waals surface area contributed by atoms with Crippen molar-refractivity contribution in [1.82, 2.24) is 5.32 Å². The molecule has 0 aliphatic carbocycles. The van der Waals surface area contributed by atoms with E-state index in [0.717, 1.165) is 12.8 Å². The van der Waals surface area contributed by atoms with Gasteiger partial charge in [-0.1, -0.05) is 40.5 Å². The molecule has 0 aromatic heterocycles. The predicted molar refractivity (Wildman–Crippen MR) is 128 cm³/mol. The first-order valence-corrected chi connectivity index (χ1v) is 10.6. The van der Waals surface area contributed by atoms with Gasteiger partial charge < -0.3 is 34.8 Å². The second-order valence-electron chi connectivity index (χ2n) is 7.12. The van der Waals surface area contributed by atoms with Gasteiger partial charge in [0.1, 0.15) is 12.4 Å². The summed E-state index contributed by atoms with van der Waals surface area (Å²) in [6, 6.07) is 0. The zero-order chi connectivity index (χ0) is 22.8. The van der Waals surface area contributed by atoms with Gasteiger partial charge in [-0.05, 0) is 40.2 Å². The maximum absolute atomic E-state index is 11.3. The second kappa shape index (κ2) is 34.4. The minimum absolute atomic E-state index is 0. The Bertz CT molecular complexity index is 340. The van der Waals surface area contributed by atoms with Crippen LogP contribution >= 0.6 is 0 Å². The predicted octanol–water partition coefficient (Wildman–Crippen LogP) is 4.44. The van der Waals surface area contributed by atoms with E-state index in [1.807, 2.05) is 27.6 Å². The molecule has 192 valence electrons. The van der Waals surface area contributed by atoms with Crippen LogP contribution in [0.25, 0.3) is 0 Å². The van der Waals surface area contributed by atoms with Crippen LogP contribution in [0.4, 0.5) is 4.79 Å². The van der Waals surface area contributed by atoms with Gasteiger partial charge in [0.05, 0.1) is 26.4 Å². The second-order valence-corrected chi connectivity index (χ2v) is 7.12. The molecule has 0 aromatic rings. The Labute approximate surface area is 218 Å². The molecule has 9 heteroatoms. The van der Waals surface area contributed by atoms with E-state index in [0.29, 0.717) is 52.7 Å². The molecule has 0 rings (SSSR count). The van der Waals surface area contributed by atoms with Crippen LogP contribution < -0.4 is 11.1 Å². The molecule has 0 unspecified atom stereocenters. The summed E-state index contributed by atoms with van der Waals surface area (Å²) >= 11 is 0. The molecule has 0 atom stereocenters. The fraction of sp³-hybridized carbons (Fsp3) is 0.909. The van der Waals surface area contributed by atoms with Crippen LogP contribution in [0.2, 0.25) is 0 Å². The Hall–Kier alpha value is -0.168. The van der Waals surface area contributed by atoms with Gasteiger partial charge in [-0.15, -0.1) is 0 Å². The molecule has 0 bridgehead atoms. The van der Waals surface area contributed by atoms with Crippen molar-refractivity contribution >= 4 is 12.9 Å². The van der Waals surface area contributed by atoms with Crippen LogP contribution in [0.1, 0.15) is 77.0 Å². The van der Waals surface area contributed by atoms with Crippen LogP contribution in [0, 0.1) is 31.1 Å². The molecule has 0 heterocycles. The number of nitrogens with two attached hydrogens (primary N) is 1. The molecule has 0 aliphatic heterocycles. The average molecular weight is 681 g/mol.